The Hall–Kier alpha value is -0.640. The molecule has 16 nitrogen and oxygen atoms in total. The van der Waals surface area contributed by atoms with Gasteiger partial charge in [0.1, 0.15) is 73.8 Å². The van der Waals surface area contributed by atoms with E-state index >= 15 is 0 Å². The van der Waals surface area contributed by atoms with Crippen molar-refractivity contribution in [3.63, 3.8) is 0 Å². The standard InChI is InChI=1S/C18H32O16/c19-1-5-8(23)11(26)13(28)16(30-5)32-15-10(25)7(3-21)33-18(15,4-22)34-17-14(29)12(27)9(24)6(2-20)31-17/h5-17,19-29H,1-4H2/t5?,6?,7-,8-,9-,10-,11+,12+,13?,14?,15-,16?,17?,18?/m1/s1. The summed E-state index contributed by atoms with van der Waals surface area (Å²) in [6.45, 7) is -3.49. The average Bonchev–Trinajstić information content (AvgIpc) is 3.10. The maximum absolute atomic E-state index is 10.6. The fourth-order valence-corrected chi connectivity index (χ4v) is 4.12. The third kappa shape index (κ3) is 4.96. The second kappa shape index (κ2) is 11.2. The molecule has 0 aromatic heterocycles. The van der Waals surface area contributed by atoms with Crippen LogP contribution in [0, 0.1) is 0 Å². The first-order chi connectivity index (χ1) is 16.0. The minimum Gasteiger partial charge on any atom is -0.394 e. The molecule has 3 fully saturated rings. The molecule has 3 heterocycles. The molecule has 0 radical (unpaired) electrons. The van der Waals surface area contributed by atoms with E-state index in [9.17, 15) is 56.2 Å². The summed E-state index contributed by atoms with van der Waals surface area (Å²) < 4.78 is 27.0. The van der Waals surface area contributed by atoms with Gasteiger partial charge < -0.3 is 79.9 Å². The molecule has 0 aromatic carbocycles. The first-order valence-corrected chi connectivity index (χ1v) is 10.6. The largest absolute Gasteiger partial charge is 0.394 e. The maximum Gasteiger partial charge on any atom is 0.224 e. The lowest BCUT2D eigenvalue weighted by atomic mass is 9.98. The van der Waals surface area contributed by atoms with Gasteiger partial charge in [0.2, 0.25) is 5.79 Å². The summed E-state index contributed by atoms with van der Waals surface area (Å²) in [7, 11) is 0. The lowest BCUT2D eigenvalue weighted by Gasteiger charge is -2.45. The topological polar surface area (TPSA) is 269 Å². The van der Waals surface area contributed by atoms with Crippen LogP contribution in [-0.2, 0) is 23.7 Å². The van der Waals surface area contributed by atoms with E-state index in [1.807, 2.05) is 0 Å². The first kappa shape index (κ1) is 27.9. The number of aliphatic hydroxyl groups excluding tert-OH is 11. The van der Waals surface area contributed by atoms with E-state index in [2.05, 4.69) is 0 Å². The van der Waals surface area contributed by atoms with Gasteiger partial charge in [-0.05, 0) is 0 Å². The highest BCUT2D eigenvalue weighted by atomic mass is 16.8. The zero-order valence-electron chi connectivity index (χ0n) is 17.8. The molecule has 16 heteroatoms. The third-order valence-electron chi connectivity index (χ3n) is 6.17. The zero-order chi connectivity index (χ0) is 25.4. The van der Waals surface area contributed by atoms with Crippen molar-refractivity contribution in [1.29, 1.82) is 0 Å². The molecule has 3 aliphatic heterocycles. The smallest absolute Gasteiger partial charge is 0.224 e. The van der Waals surface area contributed by atoms with Gasteiger partial charge in [-0.15, -0.1) is 0 Å². The lowest BCUT2D eigenvalue weighted by Crippen LogP contribution is -2.64. The van der Waals surface area contributed by atoms with Crippen molar-refractivity contribution in [2.45, 2.75) is 85.5 Å². The Morgan fingerprint density at radius 1 is 0.559 bits per heavy atom. The molecule has 0 amide bonds. The molecule has 0 aromatic rings. The van der Waals surface area contributed by atoms with Crippen molar-refractivity contribution in [3.05, 3.63) is 0 Å². The summed E-state index contributed by atoms with van der Waals surface area (Å²) in [6, 6.07) is 0. The summed E-state index contributed by atoms with van der Waals surface area (Å²) in [4.78, 5) is 0. The predicted molar refractivity (Wildman–Crippen MR) is 101 cm³/mol. The second-order valence-electron chi connectivity index (χ2n) is 8.37. The van der Waals surface area contributed by atoms with Crippen molar-refractivity contribution < 1.29 is 79.9 Å². The number of aliphatic hydroxyl groups is 11. The summed E-state index contributed by atoms with van der Waals surface area (Å²) in [5, 5.41) is 109. The van der Waals surface area contributed by atoms with Gasteiger partial charge in [-0.1, -0.05) is 0 Å². The molecule has 3 rings (SSSR count). The van der Waals surface area contributed by atoms with Crippen molar-refractivity contribution >= 4 is 0 Å². The van der Waals surface area contributed by atoms with E-state index < -0.39 is 112 Å². The molecular formula is C18H32O16. The minimum absolute atomic E-state index is 0.777. The first-order valence-electron chi connectivity index (χ1n) is 10.6. The quantitative estimate of drug-likeness (QED) is 0.146. The summed E-state index contributed by atoms with van der Waals surface area (Å²) >= 11 is 0. The van der Waals surface area contributed by atoms with E-state index in [0.29, 0.717) is 0 Å². The average molecular weight is 504 g/mol. The van der Waals surface area contributed by atoms with Gasteiger partial charge in [0.25, 0.3) is 0 Å². The Bertz CT molecular complexity index is 651. The van der Waals surface area contributed by atoms with Crippen molar-refractivity contribution in [1.82, 2.24) is 0 Å². The van der Waals surface area contributed by atoms with Crippen LogP contribution in [0.1, 0.15) is 0 Å². The van der Waals surface area contributed by atoms with E-state index in [1.165, 1.54) is 0 Å². The molecule has 0 spiro atoms. The fraction of sp³-hybridized carbons (Fsp3) is 1.00. The summed E-state index contributed by atoms with van der Waals surface area (Å²) in [6.07, 6.45) is -22.3. The van der Waals surface area contributed by atoms with Gasteiger partial charge in [-0.25, -0.2) is 0 Å². The molecule has 0 aliphatic carbocycles. The van der Waals surface area contributed by atoms with Crippen molar-refractivity contribution in [2.75, 3.05) is 26.4 Å². The van der Waals surface area contributed by atoms with Crippen LogP contribution >= 0.6 is 0 Å². The van der Waals surface area contributed by atoms with Crippen LogP contribution < -0.4 is 0 Å². The highest BCUT2D eigenvalue weighted by molar-refractivity contribution is 5.01. The molecular weight excluding hydrogens is 472 g/mol. The molecule has 7 unspecified atom stereocenters. The molecule has 3 aliphatic rings. The monoisotopic (exact) mass is 504 g/mol. The van der Waals surface area contributed by atoms with Gasteiger partial charge in [0.05, 0.1) is 19.8 Å². The molecule has 3 saturated heterocycles. The Morgan fingerprint density at radius 3 is 1.50 bits per heavy atom. The molecule has 34 heavy (non-hydrogen) atoms. The van der Waals surface area contributed by atoms with Gasteiger partial charge in [0.15, 0.2) is 12.6 Å². The van der Waals surface area contributed by atoms with E-state index in [1.54, 1.807) is 0 Å². The number of ether oxygens (including phenoxy) is 5. The fourth-order valence-electron chi connectivity index (χ4n) is 4.12. The van der Waals surface area contributed by atoms with Crippen LogP contribution in [0.15, 0.2) is 0 Å². The van der Waals surface area contributed by atoms with Crippen LogP contribution in [0.3, 0.4) is 0 Å². The molecule has 0 saturated carbocycles. The second-order valence-corrected chi connectivity index (χ2v) is 8.37. The highest BCUT2D eigenvalue weighted by Gasteiger charge is 2.61. The van der Waals surface area contributed by atoms with Crippen LogP contribution in [0.2, 0.25) is 0 Å². The Balaban J connectivity index is 1.87. The summed E-state index contributed by atoms with van der Waals surface area (Å²) in [5.74, 6) is -2.43. The van der Waals surface area contributed by atoms with E-state index in [4.69, 9.17) is 23.7 Å². The van der Waals surface area contributed by atoms with Crippen molar-refractivity contribution in [2.24, 2.45) is 0 Å². The number of hydrogen-bond donors (Lipinski definition) is 11. The lowest BCUT2D eigenvalue weighted by molar-refractivity contribution is -0.400. The van der Waals surface area contributed by atoms with Crippen LogP contribution in [-0.4, -0.2) is 168 Å². The third-order valence-corrected chi connectivity index (χ3v) is 6.17. The molecule has 0 bridgehead atoms. The van der Waals surface area contributed by atoms with Gasteiger partial charge >= 0.3 is 0 Å². The molecule has 200 valence electrons. The number of rotatable bonds is 8. The van der Waals surface area contributed by atoms with Crippen LogP contribution in [0.25, 0.3) is 0 Å². The SMILES string of the molecule is OCC1OC(O[C@@H]2[C@H](O)[C@@H](CO)OC2(CO)OC2OC(CO)[C@@H](O)[C@H](O)C2O)C(O)[C@@H](O)[C@@H]1O. The van der Waals surface area contributed by atoms with E-state index in [-0.39, 0.29) is 0 Å². The predicted octanol–water partition coefficient (Wildman–Crippen LogP) is -7.57. The normalized spacial score (nSPS) is 52.1. The molecule has 11 N–H and O–H groups in total. The van der Waals surface area contributed by atoms with Crippen molar-refractivity contribution in [3.8, 4) is 0 Å². The Labute approximate surface area is 192 Å². The van der Waals surface area contributed by atoms with Crippen LogP contribution in [0.4, 0.5) is 0 Å². The number of hydrogen-bond acceptors (Lipinski definition) is 16. The van der Waals surface area contributed by atoms with Crippen LogP contribution in [0.5, 0.6) is 0 Å². The van der Waals surface area contributed by atoms with E-state index in [0.717, 1.165) is 0 Å². The highest BCUT2D eigenvalue weighted by Crippen LogP contribution is 2.39. The Kier molecular flexibility index (Phi) is 9.18. The van der Waals surface area contributed by atoms with Gasteiger partial charge in [-0.2, -0.15) is 0 Å². The minimum atomic E-state index is -2.43. The summed E-state index contributed by atoms with van der Waals surface area (Å²) in [5.41, 5.74) is 0. The Morgan fingerprint density at radius 2 is 1.03 bits per heavy atom. The van der Waals surface area contributed by atoms with Gasteiger partial charge in [0, 0.05) is 0 Å². The maximum atomic E-state index is 10.6. The molecule has 14 atom stereocenters. The zero-order valence-corrected chi connectivity index (χ0v) is 17.8. The van der Waals surface area contributed by atoms with Gasteiger partial charge in [-0.3, -0.25) is 0 Å².